The molecule has 104 valence electrons. The minimum atomic E-state index is -3.71. The summed E-state index contributed by atoms with van der Waals surface area (Å²) in [5.41, 5.74) is 0. The molecule has 0 spiro atoms. The number of primary sulfonamides is 1. The number of hydrogen-bond acceptors (Lipinski definition) is 5. The van der Waals surface area contributed by atoms with E-state index in [4.69, 9.17) is 10.2 Å². The highest BCUT2D eigenvalue weighted by molar-refractivity contribution is 7.89. The summed E-state index contributed by atoms with van der Waals surface area (Å²) in [4.78, 5) is 23.6. The number of aliphatic hydroxyl groups excluding tert-OH is 1. The molecular weight excluding hydrogens is 264 g/mol. The van der Waals surface area contributed by atoms with E-state index in [1.54, 1.807) is 0 Å². The quantitative estimate of drug-likeness (QED) is 0.530. The zero-order valence-electron chi connectivity index (χ0n) is 9.81. The molecule has 18 heavy (non-hydrogen) atoms. The third-order valence-corrected chi connectivity index (χ3v) is 3.69. The van der Waals surface area contributed by atoms with Crippen LogP contribution in [-0.2, 0) is 19.6 Å². The highest BCUT2D eigenvalue weighted by atomic mass is 32.2. The van der Waals surface area contributed by atoms with Crippen molar-refractivity contribution < 1.29 is 28.2 Å². The number of aliphatic carboxylic acids is 1. The molecule has 1 unspecified atom stereocenters. The van der Waals surface area contributed by atoms with E-state index in [0.29, 0.717) is 0 Å². The number of amides is 1. The zero-order chi connectivity index (χ0) is 14.1. The van der Waals surface area contributed by atoms with Gasteiger partial charge in [-0.2, -0.15) is 0 Å². The number of nitrogens with two attached hydrogens (primary N) is 1. The first-order chi connectivity index (χ1) is 8.11. The molecule has 1 aliphatic rings. The number of rotatable bonds is 5. The van der Waals surface area contributed by atoms with E-state index in [9.17, 15) is 23.1 Å². The first kappa shape index (κ1) is 14.9. The van der Waals surface area contributed by atoms with E-state index in [0.717, 1.165) is 4.90 Å². The summed E-state index contributed by atoms with van der Waals surface area (Å²) in [6, 6.07) is -1.36. The summed E-state index contributed by atoms with van der Waals surface area (Å²) in [5.74, 6) is -2.72. The van der Waals surface area contributed by atoms with Gasteiger partial charge in [0.1, 0.15) is 0 Å². The number of carbonyl (C=O) groups is 2. The van der Waals surface area contributed by atoms with E-state index >= 15 is 0 Å². The van der Waals surface area contributed by atoms with Crippen LogP contribution in [0.25, 0.3) is 0 Å². The summed E-state index contributed by atoms with van der Waals surface area (Å²) in [6.45, 7) is 1.23. The van der Waals surface area contributed by atoms with Crippen molar-refractivity contribution in [3.63, 3.8) is 0 Å². The second-order valence-corrected chi connectivity index (χ2v) is 6.13. The molecule has 8 nitrogen and oxygen atoms in total. The van der Waals surface area contributed by atoms with Crippen LogP contribution in [-0.4, -0.2) is 59.9 Å². The van der Waals surface area contributed by atoms with Crippen LogP contribution in [0.3, 0.4) is 0 Å². The zero-order valence-corrected chi connectivity index (χ0v) is 10.6. The monoisotopic (exact) mass is 280 g/mol. The fourth-order valence-electron chi connectivity index (χ4n) is 2.12. The standard InChI is InChI=1S/C9H16N2O6S/c1-5(12)8(9(14)15)11-3-6(2-7(11)13)4-18(10,16)17/h5-6,8,12H,2-4H2,1H3,(H,14,15)(H2,10,16,17)/t5-,6?,8-/m0/s1. The molecule has 3 atom stereocenters. The molecule has 1 aliphatic heterocycles. The molecule has 0 aromatic carbocycles. The Hall–Kier alpha value is -1.19. The van der Waals surface area contributed by atoms with Crippen molar-refractivity contribution in [2.75, 3.05) is 12.3 Å². The van der Waals surface area contributed by atoms with E-state index in [1.165, 1.54) is 6.92 Å². The summed E-state index contributed by atoms with van der Waals surface area (Å²) < 4.78 is 21.8. The van der Waals surface area contributed by atoms with Crippen molar-refractivity contribution in [3.8, 4) is 0 Å². The maximum Gasteiger partial charge on any atom is 0.329 e. The summed E-state index contributed by atoms with van der Waals surface area (Å²) in [7, 11) is -3.71. The summed E-state index contributed by atoms with van der Waals surface area (Å²) >= 11 is 0. The lowest BCUT2D eigenvalue weighted by atomic mass is 10.1. The molecule has 1 fully saturated rings. The van der Waals surface area contributed by atoms with Crippen LogP contribution < -0.4 is 5.14 Å². The van der Waals surface area contributed by atoms with Crippen molar-refractivity contribution in [2.45, 2.75) is 25.5 Å². The van der Waals surface area contributed by atoms with Crippen LogP contribution >= 0.6 is 0 Å². The number of hydrogen-bond donors (Lipinski definition) is 3. The normalized spacial score (nSPS) is 24.1. The Kier molecular flexibility index (Phi) is 4.30. The maximum absolute atomic E-state index is 11.6. The lowest BCUT2D eigenvalue weighted by molar-refractivity contribution is -0.152. The third kappa shape index (κ3) is 3.65. The van der Waals surface area contributed by atoms with Gasteiger partial charge in [0.15, 0.2) is 6.04 Å². The van der Waals surface area contributed by atoms with Crippen LogP contribution in [0.1, 0.15) is 13.3 Å². The van der Waals surface area contributed by atoms with Gasteiger partial charge in [0.2, 0.25) is 15.9 Å². The molecule has 1 saturated heterocycles. The minimum Gasteiger partial charge on any atom is -0.480 e. The van der Waals surface area contributed by atoms with E-state index in [-0.39, 0.29) is 18.7 Å². The van der Waals surface area contributed by atoms with Gasteiger partial charge in [0.05, 0.1) is 11.9 Å². The van der Waals surface area contributed by atoms with Crippen molar-refractivity contribution in [3.05, 3.63) is 0 Å². The molecule has 0 aromatic heterocycles. The van der Waals surface area contributed by atoms with Gasteiger partial charge < -0.3 is 15.1 Å². The minimum absolute atomic E-state index is 0.0306. The molecule has 0 radical (unpaired) electrons. The molecule has 1 amide bonds. The lowest BCUT2D eigenvalue weighted by Crippen LogP contribution is -2.48. The summed E-state index contributed by atoms with van der Waals surface area (Å²) in [6.07, 6.45) is -1.31. The number of carboxylic acids is 1. The van der Waals surface area contributed by atoms with Gasteiger partial charge >= 0.3 is 5.97 Å². The smallest absolute Gasteiger partial charge is 0.329 e. The molecule has 0 aliphatic carbocycles. The molecule has 0 saturated carbocycles. The van der Waals surface area contributed by atoms with E-state index in [1.807, 2.05) is 0 Å². The second-order valence-electron chi connectivity index (χ2n) is 4.47. The van der Waals surface area contributed by atoms with Crippen molar-refractivity contribution in [2.24, 2.45) is 11.1 Å². The molecular formula is C9H16N2O6S. The van der Waals surface area contributed by atoms with Gasteiger partial charge in [-0.25, -0.2) is 18.4 Å². The number of carbonyl (C=O) groups excluding carboxylic acids is 1. The highest BCUT2D eigenvalue weighted by Gasteiger charge is 2.40. The fourth-order valence-corrected chi connectivity index (χ4v) is 3.00. The molecule has 1 heterocycles. The topological polar surface area (TPSA) is 138 Å². The highest BCUT2D eigenvalue weighted by Crippen LogP contribution is 2.22. The van der Waals surface area contributed by atoms with Gasteiger partial charge in [-0.15, -0.1) is 0 Å². The Morgan fingerprint density at radius 1 is 1.61 bits per heavy atom. The average molecular weight is 280 g/mol. The number of carboxylic acid groups (broad SMARTS) is 1. The van der Waals surface area contributed by atoms with Gasteiger partial charge in [0.25, 0.3) is 0 Å². The Labute approximate surface area is 104 Å². The van der Waals surface area contributed by atoms with Crippen LogP contribution in [0, 0.1) is 5.92 Å². The third-order valence-electron chi connectivity index (χ3n) is 2.75. The van der Waals surface area contributed by atoms with Crippen LogP contribution in [0.4, 0.5) is 0 Å². The average Bonchev–Trinajstić information content (AvgIpc) is 2.42. The van der Waals surface area contributed by atoms with Gasteiger partial charge in [-0.1, -0.05) is 0 Å². The van der Waals surface area contributed by atoms with Crippen molar-refractivity contribution >= 4 is 21.9 Å². The Balaban J connectivity index is 2.81. The Morgan fingerprint density at radius 3 is 2.56 bits per heavy atom. The number of likely N-dealkylation sites (tertiary alicyclic amines) is 1. The van der Waals surface area contributed by atoms with E-state index in [2.05, 4.69) is 0 Å². The largest absolute Gasteiger partial charge is 0.480 e. The van der Waals surface area contributed by atoms with E-state index < -0.39 is 40.0 Å². The molecule has 4 N–H and O–H groups in total. The van der Waals surface area contributed by atoms with Gasteiger partial charge in [0, 0.05) is 18.9 Å². The molecule has 0 aromatic rings. The SMILES string of the molecule is C[C@H](O)[C@@H](C(=O)O)N1CC(CS(N)(=O)=O)CC1=O. The second kappa shape index (κ2) is 5.21. The fraction of sp³-hybridized carbons (Fsp3) is 0.778. The van der Waals surface area contributed by atoms with Crippen molar-refractivity contribution in [1.29, 1.82) is 0 Å². The van der Waals surface area contributed by atoms with Crippen LogP contribution in [0.15, 0.2) is 0 Å². The molecule has 9 heteroatoms. The first-order valence-corrected chi connectivity index (χ1v) is 7.04. The number of nitrogens with zero attached hydrogens (tertiary/aromatic N) is 1. The summed E-state index contributed by atoms with van der Waals surface area (Å²) in [5, 5.41) is 23.2. The first-order valence-electron chi connectivity index (χ1n) is 5.32. The van der Waals surface area contributed by atoms with Crippen LogP contribution in [0.2, 0.25) is 0 Å². The Morgan fingerprint density at radius 2 is 2.17 bits per heavy atom. The Bertz CT molecular complexity index is 446. The van der Waals surface area contributed by atoms with Crippen LogP contribution in [0.5, 0.6) is 0 Å². The number of sulfonamides is 1. The molecule has 0 bridgehead atoms. The van der Waals surface area contributed by atoms with Crippen molar-refractivity contribution in [1.82, 2.24) is 4.90 Å². The lowest BCUT2D eigenvalue weighted by Gasteiger charge is -2.26. The predicted molar refractivity (Wildman–Crippen MR) is 60.9 cm³/mol. The predicted octanol–water partition coefficient (Wildman–Crippen LogP) is -2.04. The number of aliphatic hydroxyl groups is 1. The van der Waals surface area contributed by atoms with Gasteiger partial charge in [-0.3, -0.25) is 4.79 Å². The molecule has 1 rings (SSSR count). The maximum atomic E-state index is 11.6. The van der Waals surface area contributed by atoms with Gasteiger partial charge in [-0.05, 0) is 6.92 Å².